The molecule has 0 aliphatic carbocycles. The molecule has 6 nitrogen and oxygen atoms in total. The van der Waals surface area contributed by atoms with Crippen LogP contribution in [0, 0.1) is 0 Å². The van der Waals surface area contributed by atoms with Crippen molar-refractivity contribution in [2.75, 3.05) is 39.3 Å². The highest BCUT2D eigenvalue weighted by atomic mass is 16.3. The monoisotopic (exact) mass is 454 g/mol. The lowest BCUT2D eigenvalue weighted by atomic mass is 10.0. The third-order valence-corrected chi connectivity index (χ3v) is 6.47. The molecule has 0 aliphatic rings. The molecule has 1 aromatic heterocycles. The number of aliphatic hydroxyl groups excluding tert-OH is 2. The van der Waals surface area contributed by atoms with Crippen molar-refractivity contribution in [3.05, 3.63) is 57.7 Å². The van der Waals surface area contributed by atoms with E-state index >= 15 is 0 Å². The molecule has 2 aromatic carbocycles. The van der Waals surface area contributed by atoms with Crippen molar-refractivity contribution < 1.29 is 14.6 Å². The lowest BCUT2D eigenvalue weighted by molar-refractivity contribution is 0.118. The molecule has 2 atom stereocenters. The van der Waals surface area contributed by atoms with Gasteiger partial charge < -0.3 is 24.4 Å². The number of aliphatic hydroxyl groups is 2. The average molecular weight is 455 g/mol. The molecule has 0 aliphatic heterocycles. The molecule has 0 fully saturated rings. The summed E-state index contributed by atoms with van der Waals surface area (Å²) in [5.41, 5.74) is 2.88. The van der Waals surface area contributed by atoms with Gasteiger partial charge in [-0.15, -0.1) is 0 Å². The Hall–Kier alpha value is -2.25. The summed E-state index contributed by atoms with van der Waals surface area (Å²) in [6.45, 7) is 13.2. The quantitative estimate of drug-likeness (QED) is 0.408. The van der Waals surface area contributed by atoms with Crippen molar-refractivity contribution in [1.82, 2.24) is 9.80 Å². The highest BCUT2D eigenvalue weighted by Gasteiger charge is 2.14. The zero-order valence-corrected chi connectivity index (χ0v) is 20.4. The van der Waals surface area contributed by atoms with Crippen molar-refractivity contribution in [3.8, 4) is 0 Å². The van der Waals surface area contributed by atoms with E-state index in [0.717, 1.165) is 37.3 Å². The molecule has 6 heteroatoms. The van der Waals surface area contributed by atoms with Crippen molar-refractivity contribution >= 4 is 21.9 Å². The molecular weight excluding hydrogens is 416 g/mol. The van der Waals surface area contributed by atoms with E-state index in [1.165, 1.54) is 0 Å². The number of hydrogen-bond acceptors (Lipinski definition) is 6. The van der Waals surface area contributed by atoms with Crippen molar-refractivity contribution in [2.45, 2.75) is 52.7 Å². The van der Waals surface area contributed by atoms with Gasteiger partial charge in [-0.05, 0) is 74.4 Å². The Kier molecular flexibility index (Phi) is 9.03. The zero-order chi connectivity index (χ0) is 24.0. The van der Waals surface area contributed by atoms with Crippen LogP contribution in [0.15, 0.2) is 45.6 Å². The van der Waals surface area contributed by atoms with Crippen LogP contribution in [-0.4, -0.2) is 71.5 Å². The Morgan fingerprint density at radius 1 is 0.727 bits per heavy atom. The molecule has 2 N–H and O–H groups in total. The van der Waals surface area contributed by atoms with Crippen LogP contribution in [0.25, 0.3) is 21.9 Å². The Bertz CT molecular complexity index is 1020. The second kappa shape index (κ2) is 11.7. The van der Waals surface area contributed by atoms with Crippen LogP contribution in [0.3, 0.4) is 0 Å². The first-order valence-corrected chi connectivity index (χ1v) is 12.2. The maximum atomic E-state index is 13.0. The molecule has 0 amide bonds. The average Bonchev–Trinajstić information content (AvgIpc) is 2.80. The Morgan fingerprint density at radius 2 is 1.12 bits per heavy atom. The van der Waals surface area contributed by atoms with Crippen molar-refractivity contribution in [2.24, 2.45) is 0 Å². The second-order valence-corrected chi connectivity index (χ2v) is 8.78. The van der Waals surface area contributed by atoms with E-state index in [0.29, 0.717) is 47.9 Å². The molecule has 3 rings (SSSR count). The molecule has 2 unspecified atom stereocenters. The fourth-order valence-electron chi connectivity index (χ4n) is 4.43. The minimum absolute atomic E-state index is 0.0586. The maximum Gasteiger partial charge on any atom is 0.200 e. The molecule has 0 radical (unpaired) electrons. The molecule has 0 saturated heterocycles. The number of fused-ring (bicyclic) bond motifs is 2. The van der Waals surface area contributed by atoms with Crippen LogP contribution < -0.4 is 5.43 Å². The molecule has 0 spiro atoms. The predicted molar refractivity (Wildman–Crippen MR) is 135 cm³/mol. The number of nitrogens with zero attached hydrogens (tertiary/aromatic N) is 2. The number of benzene rings is 2. The van der Waals surface area contributed by atoms with Crippen LogP contribution in [0.4, 0.5) is 0 Å². The van der Waals surface area contributed by atoms with E-state index in [-0.39, 0.29) is 5.43 Å². The smallest absolute Gasteiger partial charge is 0.200 e. The molecule has 33 heavy (non-hydrogen) atoms. The fourth-order valence-corrected chi connectivity index (χ4v) is 4.43. The lowest BCUT2D eigenvalue weighted by Crippen LogP contribution is -2.33. The largest absolute Gasteiger partial charge is 0.456 e. The van der Waals surface area contributed by atoms with E-state index in [2.05, 4.69) is 37.5 Å². The van der Waals surface area contributed by atoms with Crippen molar-refractivity contribution in [1.29, 1.82) is 0 Å². The Balaban J connectivity index is 1.84. The summed E-state index contributed by atoms with van der Waals surface area (Å²) in [6, 6.07) is 11.1. The molecule has 3 aromatic rings. The van der Waals surface area contributed by atoms with Crippen LogP contribution in [0.5, 0.6) is 0 Å². The molecule has 180 valence electrons. The van der Waals surface area contributed by atoms with Gasteiger partial charge in [0.2, 0.25) is 5.43 Å². The first kappa shape index (κ1) is 25.4. The van der Waals surface area contributed by atoms with Gasteiger partial charge in [-0.25, -0.2) is 0 Å². The highest BCUT2D eigenvalue weighted by molar-refractivity contribution is 5.90. The summed E-state index contributed by atoms with van der Waals surface area (Å²) in [4.78, 5) is 17.4. The van der Waals surface area contributed by atoms with Gasteiger partial charge in [-0.2, -0.15) is 0 Å². The summed E-state index contributed by atoms with van der Waals surface area (Å²) >= 11 is 0. The van der Waals surface area contributed by atoms with Gasteiger partial charge in [0.1, 0.15) is 11.2 Å². The topological polar surface area (TPSA) is 77.1 Å². The molecule has 0 saturated carbocycles. The summed E-state index contributed by atoms with van der Waals surface area (Å²) < 4.78 is 6.13. The summed E-state index contributed by atoms with van der Waals surface area (Å²) in [6.07, 6.45) is 0.0548. The minimum atomic E-state index is -0.478. The van der Waals surface area contributed by atoms with E-state index in [4.69, 9.17) is 4.42 Å². The standard InChI is InChI=1S/C27H38N2O4/c1-5-28(6-2)17-21(30)13-19-9-11-23-25(15-19)33-26-16-20(10-12-24(26)27(23)32)14-22(31)18-29(7-3)8-4/h9-12,15-16,21-22,30-31H,5-8,13-14,17-18H2,1-4H3. The number of likely N-dealkylation sites (N-methyl/N-ethyl adjacent to an activating group) is 2. The predicted octanol–water partition coefficient (Wildman–Crippen LogP) is 3.44. The lowest BCUT2D eigenvalue weighted by Gasteiger charge is -2.22. The first-order valence-electron chi connectivity index (χ1n) is 12.2. The first-order chi connectivity index (χ1) is 15.9. The third kappa shape index (κ3) is 6.42. The summed E-state index contributed by atoms with van der Waals surface area (Å²) in [5.74, 6) is 0. The van der Waals surface area contributed by atoms with E-state index in [1.54, 1.807) is 12.1 Å². The highest BCUT2D eigenvalue weighted by Crippen LogP contribution is 2.22. The normalized spacial score (nSPS) is 13.9. The zero-order valence-electron chi connectivity index (χ0n) is 20.4. The second-order valence-electron chi connectivity index (χ2n) is 8.78. The van der Waals surface area contributed by atoms with Crippen LogP contribution in [0.2, 0.25) is 0 Å². The van der Waals surface area contributed by atoms with Gasteiger partial charge in [-0.3, -0.25) is 4.79 Å². The Morgan fingerprint density at radius 3 is 1.48 bits per heavy atom. The fraction of sp³-hybridized carbons (Fsp3) is 0.519. The number of hydrogen-bond donors (Lipinski definition) is 2. The van der Waals surface area contributed by atoms with Crippen LogP contribution in [0.1, 0.15) is 38.8 Å². The SMILES string of the molecule is CCN(CC)CC(O)Cc1ccc2c(=O)c3ccc(CC(O)CN(CC)CC)cc3oc2c1. The van der Waals surface area contributed by atoms with Gasteiger partial charge in [0.25, 0.3) is 0 Å². The van der Waals surface area contributed by atoms with Crippen LogP contribution >= 0.6 is 0 Å². The third-order valence-electron chi connectivity index (χ3n) is 6.47. The van der Waals surface area contributed by atoms with Gasteiger partial charge >= 0.3 is 0 Å². The maximum absolute atomic E-state index is 13.0. The van der Waals surface area contributed by atoms with Crippen LogP contribution in [-0.2, 0) is 12.8 Å². The van der Waals surface area contributed by atoms with E-state index < -0.39 is 12.2 Å². The van der Waals surface area contributed by atoms with Crippen molar-refractivity contribution in [3.63, 3.8) is 0 Å². The van der Waals surface area contributed by atoms with Gasteiger partial charge in [-0.1, -0.05) is 39.8 Å². The summed E-state index contributed by atoms with van der Waals surface area (Å²) in [5, 5.41) is 22.1. The van der Waals surface area contributed by atoms with E-state index in [9.17, 15) is 15.0 Å². The minimum Gasteiger partial charge on any atom is -0.456 e. The van der Waals surface area contributed by atoms with Gasteiger partial charge in [0.15, 0.2) is 0 Å². The van der Waals surface area contributed by atoms with Gasteiger partial charge in [0, 0.05) is 13.1 Å². The van der Waals surface area contributed by atoms with Gasteiger partial charge in [0.05, 0.1) is 23.0 Å². The van der Waals surface area contributed by atoms with E-state index in [1.807, 2.05) is 24.3 Å². The molecule has 1 heterocycles. The molecular formula is C27H38N2O4. The summed E-state index contributed by atoms with van der Waals surface area (Å²) in [7, 11) is 0. The Labute approximate surface area is 196 Å². The number of rotatable bonds is 12. The molecule has 0 bridgehead atoms.